The van der Waals surface area contributed by atoms with Gasteiger partial charge in [-0.15, -0.1) is 0 Å². The van der Waals surface area contributed by atoms with E-state index >= 15 is 0 Å². The van der Waals surface area contributed by atoms with Crippen LogP contribution in [0.2, 0.25) is 0 Å². The molecule has 2 rings (SSSR count). The number of nitrogens with one attached hydrogen (secondary N) is 2. The minimum atomic E-state index is -0.914. The summed E-state index contributed by atoms with van der Waals surface area (Å²) in [5.74, 6) is -3.44. The molecular formula is C13H9BrF2N2O3. The van der Waals surface area contributed by atoms with Crippen LogP contribution in [0.25, 0.3) is 0 Å². The van der Waals surface area contributed by atoms with Crippen molar-refractivity contribution in [3.8, 4) is 0 Å². The Kier molecular flexibility index (Phi) is 4.69. The number of ether oxygens (including phenoxy) is 1. The van der Waals surface area contributed by atoms with Crippen molar-refractivity contribution in [3.05, 3.63) is 52.3 Å². The monoisotopic (exact) mass is 358 g/mol. The molecule has 5 nitrogen and oxygen atoms in total. The second-order valence-electron chi connectivity index (χ2n) is 3.95. The van der Waals surface area contributed by atoms with Crippen LogP contribution in [0.3, 0.4) is 0 Å². The van der Waals surface area contributed by atoms with Gasteiger partial charge >= 0.3 is 5.97 Å². The van der Waals surface area contributed by atoms with Crippen molar-refractivity contribution < 1.29 is 23.1 Å². The van der Waals surface area contributed by atoms with E-state index in [1.807, 2.05) is 5.32 Å². The van der Waals surface area contributed by atoms with Gasteiger partial charge in [-0.1, -0.05) is 6.07 Å². The predicted octanol–water partition coefficient (Wildman–Crippen LogP) is 2.85. The minimum Gasteiger partial charge on any atom is -0.451 e. The number of esters is 1. The summed E-state index contributed by atoms with van der Waals surface area (Å²) in [7, 11) is 0. The standard InChI is InChI=1S/C13H9BrF2N2O3/c14-7-4-10(17-5-7)13(20)21-6-11(19)18-12-8(15)2-1-3-9(12)16/h1-5,17H,6H2,(H,18,19). The van der Waals surface area contributed by atoms with E-state index in [0.29, 0.717) is 4.47 Å². The van der Waals surface area contributed by atoms with E-state index in [0.717, 1.165) is 12.1 Å². The van der Waals surface area contributed by atoms with E-state index in [1.165, 1.54) is 18.3 Å². The van der Waals surface area contributed by atoms with Gasteiger partial charge in [0.25, 0.3) is 5.91 Å². The second kappa shape index (κ2) is 6.49. The number of para-hydroxylation sites is 1. The van der Waals surface area contributed by atoms with E-state index in [-0.39, 0.29) is 5.69 Å². The second-order valence-corrected chi connectivity index (χ2v) is 4.87. The smallest absolute Gasteiger partial charge is 0.355 e. The fourth-order valence-electron chi connectivity index (χ4n) is 1.49. The van der Waals surface area contributed by atoms with Crippen molar-refractivity contribution in [2.75, 3.05) is 11.9 Å². The molecule has 0 unspecified atom stereocenters. The number of aromatic amines is 1. The number of hydrogen-bond donors (Lipinski definition) is 2. The molecule has 0 bridgehead atoms. The summed E-state index contributed by atoms with van der Waals surface area (Å²) < 4.78 is 32.0. The summed E-state index contributed by atoms with van der Waals surface area (Å²) in [6.45, 7) is -0.663. The third-order valence-electron chi connectivity index (χ3n) is 2.43. The van der Waals surface area contributed by atoms with E-state index in [1.54, 1.807) is 0 Å². The number of carbonyl (C=O) groups is 2. The first kappa shape index (κ1) is 15.2. The molecule has 1 aromatic heterocycles. The van der Waals surface area contributed by atoms with Crippen LogP contribution in [0.1, 0.15) is 10.5 Å². The number of aromatic nitrogens is 1. The highest BCUT2D eigenvalue weighted by Gasteiger charge is 2.15. The maximum atomic E-state index is 13.3. The molecule has 8 heteroatoms. The van der Waals surface area contributed by atoms with E-state index in [4.69, 9.17) is 4.74 Å². The molecule has 0 atom stereocenters. The molecule has 0 aliphatic heterocycles. The Hall–Kier alpha value is -2.22. The summed E-state index contributed by atoms with van der Waals surface area (Å²) in [6.07, 6.45) is 1.52. The van der Waals surface area contributed by atoms with Crippen LogP contribution in [-0.4, -0.2) is 23.5 Å². The third-order valence-corrected chi connectivity index (χ3v) is 2.89. The van der Waals surface area contributed by atoms with Crippen LogP contribution < -0.4 is 5.32 Å². The molecule has 21 heavy (non-hydrogen) atoms. The lowest BCUT2D eigenvalue weighted by atomic mass is 10.3. The van der Waals surface area contributed by atoms with E-state index in [2.05, 4.69) is 20.9 Å². The fourth-order valence-corrected chi connectivity index (χ4v) is 1.83. The first-order valence-corrected chi connectivity index (χ1v) is 6.51. The normalized spacial score (nSPS) is 10.2. The van der Waals surface area contributed by atoms with E-state index in [9.17, 15) is 18.4 Å². The minimum absolute atomic E-state index is 0.145. The van der Waals surface area contributed by atoms with Crippen LogP contribution in [0.15, 0.2) is 34.9 Å². The van der Waals surface area contributed by atoms with Gasteiger partial charge in [0, 0.05) is 10.7 Å². The first-order chi connectivity index (χ1) is 9.97. The van der Waals surface area contributed by atoms with Gasteiger partial charge in [-0.05, 0) is 34.1 Å². The number of benzene rings is 1. The zero-order valence-corrected chi connectivity index (χ0v) is 12.0. The molecule has 2 N–H and O–H groups in total. The highest BCUT2D eigenvalue weighted by molar-refractivity contribution is 9.10. The number of amides is 1. The molecule has 1 amide bonds. The zero-order chi connectivity index (χ0) is 15.4. The topological polar surface area (TPSA) is 71.2 Å². The number of carbonyl (C=O) groups excluding carboxylic acids is 2. The molecule has 0 saturated heterocycles. The molecule has 0 saturated carbocycles. The van der Waals surface area contributed by atoms with Crippen molar-refractivity contribution in [3.63, 3.8) is 0 Å². The van der Waals surface area contributed by atoms with Gasteiger partial charge in [0.2, 0.25) is 0 Å². The van der Waals surface area contributed by atoms with Crippen molar-refractivity contribution in [2.24, 2.45) is 0 Å². The molecule has 0 aliphatic rings. The maximum absolute atomic E-state index is 13.3. The van der Waals surface area contributed by atoms with Crippen molar-refractivity contribution >= 4 is 33.5 Å². The lowest BCUT2D eigenvalue weighted by molar-refractivity contribution is -0.119. The van der Waals surface area contributed by atoms with Crippen LogP contribution in [0.4, 0.5) is 14.5 Å². The summed E-state index contributed by atoms with van der Waals surface area (Å²) in [6, 6.07) is 4.64. The summed E-state index contributed by atoms with van der Waals surface area (Å²) in [4.78, 5) is 25.7. The Bertz CT molecular complexity index is 668. The molecule has 0 fully saturated rings. The molecule has 0 radical (unpaired) electrons. The Morgan fingerprint density at radius 3 is 2.52 bits per heavy atom. The highest BCUT2D eigenvalue weighted by atomic mass is 79.9. The van der Waals surface area contributed by atoms with Gasteiger partial charge in [0.15, 0.2) is 6.61 Å². The van der Waals surface area contributed by atoms with Gasteiger partial charge < -0.3 is 15.0 Å². The average molecular weight is 359 g/mol. The number of hydrogen-bond acceptors (Lipinski definition) is 3. The van der Waals surface area contributed by atoms with Crippen molar-refractivity contribution in [2.45, 2.75) is 0 Å². The number of rotatable bonds is 4. The summed E-state index contributed by atoms with van der Waals surface area (Å²) in [5, 5.41) is 2.00. The number of anilines is 1. The molecular weight excluding hydrogens is 350 g/mol. The van der Waals surface area contributed by atoms with Crippen molar-refractivity contribution in [1.82, 2.24) is 4.98 Å². The number of H-pyrrole nitrogens is 1. The van der Waals surface area contributed by atoms with Gasteiger partial charge in [0.05, 0.1) is 0 Å². The van der Waals surface area contributed by atoms with Gasteiger partial charge in [-0.25, -0.2) is 13.6 Å². The van der Waals surface area contributed by atoms with E-state index < -0.39 is 35.8 Å². The zero-order valence-electron chi connectivity index (χ0n) is 10.5. The SMILES string of the molecule is O=C(COC(=O)c1cc(Br)c[nH]1)Nc1c(F)cccc1F. The van der Waals surface area contributed by atoms with Gasteiger partial charge in [0.1, 0.15) is 23.0 Å². The highest BCUT2D eigenvalue weighted by Crippen LogP contribution is 2.17. The maximum Gasteiger partial charge on any atom is 0.355 e. The lowest BCUT2D eigenvalue weighted by Crippen LogP contribution is -2.22. The van der Waals surface area contributed by atoms with Gasteiger partial charge in [-0.2, -0.15) is 0 Å². The lowest BCUT2D eigenvalue weighted by Gasteiger charge is -2.07. The molecule has 2 aromatic rings. The third kappa shape index (κ3) is 3.88. The van der Waals surface area contributed by atoms with Crippen molar-refractivity contribution in [1.29, 1.82) is 0 Å². The quantitative estimate of drug-likeness (QED) is 0.825. The molecule has 0 aliphatic carbocycles. The Morgan fingerprint density at radius 1 is 1.29 bits per heavy atom. The Morgan fingerprint density at radius 2 is 1.95 bits per heavy atom. The summed E-state index contributed by atoms with van der Waals surface area (Å²) >= 11 is 3.14. The molecule has 0 spiro atoms. The molecule has 1 heterocycles. The molecule has 110 valence electrons. The summed E-state index contributed by atoms with van der Waals surface area (Å²) in [5.41, 5.74) is -0.437. The van der Waals surface area contributed by atoms with Gasteiger partial charge in [-0.3, -0.25) is 4.79 Å². The Labute approximate surface area is 126 Å². The van der Waals surface area contributed by atoms with Crippen LogP contribution in [0, 0.1) is 11.6 Å². The fraction of sp³-hybridized carbons (Fsp3) is 0.0769. The average Bonchev–Trinajstić information content (AvgIpc) is 2.87. The first-order valence-electron chi connectivity index (χ1n) is 5.72. The largest absolute Gasteiger partial charge is 0.451 e. The van der Waals surface area contributed by atoms with Crippen LogP contribution >= 0.6 is 15.9 Å². The van der Waals surface area contributed by atoms with Crippen LogP contribution in [-0.2, 0) is 9.53 Å². The number of halogens is 3. The Balaban J connectivity index is 1.92. The molecule has 1 aromatic carbocycles. The van der Waals surface area contributed by atoms with Crippen LogP contribution in [0.5, 0.6) is 0 Å². The predicted molar refractivity (Wildman–Crippen MR) is 73.8 cm³/mol.